The van der Waals surface area contributed by atoms with Gasteiger partial charge in [-0.05, 0) is 56.2 Å². The van der Waals surface area contributed by atoms with Gasteiger partial charge in [0.25, 0.3) is 5.91 Å². The number of carbonyl (C=O) groups is 2. The van der Waals surface area contributed by atoms with Gasteiger partial charge in [0.05, 0.1) is 6.04 Å². The van der Waals surface area contributed by atoms with Gasteiger partial charge in [0.2, 0.25) is 5.91 Å². The molecule has 0 radical (unpaired) electrons. The second kappa shape index (κ2) is 8.15. The third-order valence-corrected chi connectivity index (χ3v) is 5.76. The van der Waals surface area contributed by atoms with E-state index >= 15 is 0 Å². The van der Waals surface area contributed by atoms with Crippen LogP contribution >= 0.6 is 0 Å². The number of anilines is 2. The molecular formula is C26H26N2O2. The van der Waals surface area contributed by atoms with E-state index in [9.17, 15) is 9.59 Å². The minimum atomic E-state index is -0.164. The Morgan fingerprint density at radius 3 is 2.20 bits per heavy atom. The third kappa shape index (κ3) is 3.61. The molecule has 0 bridgehead atoms. The van der Waals surface area contributed by atoms with Crippen molar-refractivity contribution < 1.29 is 9.59 Å². The van der Waals surface area contributed by atoms with E-state index in [1.54, 1.807) is 6.92 Å². The van der Waals surface area contributed by atoms with E-state index in [0.29, 0.717) is 12.0 Å². The summed E-state index contributed by atoms with van der Waals surface area (Å²) in [5.41, 5.74) is 4.50. The molecule has 0 fully saturated rings. The number of nitrogens with zero attached hydrogens (tertiary/aromatic N) is 2. The summed E-state index contributed by atoms with van der Waals surface area (Å²) >= 11 is 0. The second-order valence-electron chi connectivity index (χ2n) is 7.93. The fraction of sp³-hybridized carbons (Fsp3) is 0.231. The van der Waals surface area contributed by atoms with E-state index < -0.39 is 0 Å². The second-order valence-corrected chi connectivity index (χ2v) is 7.93. The van der Waals surface area contributed by atoms with Gasteiger partial charge in [-0.15, -0.1) is 0 Å². The van der Waals surface area contributed by atoms with Crippen molar-refractivity contribution in [2.24, 2.45) is 0 Å². The first kappa shape index (κ1) is 19.9. The molecule has 152 valence electrons. The van der Waals surface area contributed by atoms with Crippen LogP contribution in [0.25, 0.3) is 0 Å². The van der Waals surface area contributed by atoms with Gasteiger partial charge < -0.3 is 9.80 Å². The van der Waals surface area contributed by atoms with Crippen LogP contribution in [0.15, 0.2) is 78.9 Å². The number of fused-ring (bicyclic) bond motifs is 1. The molecule has 3 aromatic carbocycles. The molecule has 2 atom stereocenters. The van der Waals surface area contributed by atoms with Gasteiger partial charge in [-0.3, -0.25) is 9.59 Å². The maximum absolute atomic E-state index is 13.7. The maximum atomic E-state index is 13.7. The summed E-state index contributed by atoms with van der Waals surface area (Å²) in [4.78, 5) is 29.8. The fourth-order valence-electron chi connectivity index (χ4n) is 4.37. The Hall–Kier alpha value is -3.40. The summed E-state index contributed by atoms with van der Waals surface area (Å²) in [7, 11) is 0. The number of hydrogen-bond donors (Lipinski definition) is 0. The van der Waals surface area contributed by atoms with Crippen LogP contribution in [0.1, 0.15) is 47.8 Å². The van der Waals surface area contributed by atoms with Crippen LogP contribution in [0.5, 0.6) is 0 Å². The maximum Gasteiger partial charge on any atom is 0.258 e. The molecule has 2 amide bonds. The van der Waals surface area contributed by atoms with Gasteiger partial charge in [0.15, 0.2) is 0 Å². The molecule has 0 aromatic heterocycles. The van der Waals surface area contributed by atoms with E-state index in [4.69, 9.17) is 0 Å². The van der Waals surface area contributed by atoms with Crippen LogP contribution in [-0.2, 0) is 4.79 Å². The van der Waals surface area contributed by atoms with Crippen LogP contribution in [-0.4, -0.2) is 17.9 Å². The van der Waals surface area contributed by atoms with Gasteiger partial charge in [0.1, 0.15) is 0 Å². The first-order valence-electron chi connectivity index (χ1n) is 10.3. The lowest BCUT2D eigenvalue weighted by Gasteiger charge is -2.43. The number of rotatable bonds is 3. The Labute approximate surface area is 177 Å². The molecule has 1 heterocycles. The van der Waals surface area contributed by atoms with Gasteiger partial charge in [0, 0.05) is 29.9 Å². The molecular weight excluding hydrogens is 372 g/mol. The van der Waals surface area contributed by atoms with Crippen LogP contribution < -0.4 is 9.80 Å². The van der Waals surface area contributed by atoms with Crippen molar-refractivity contribution >= 4 is 23.2 Å². The molecule has 1 aliphatic rings. The third-order valence-electron chi connectivity index (χ3n) is 5.76. The lowest BCUT2D eigenvalue weighted by atomic mass is 9.89. The zero-order valence-corrected chi connectivity index (χ0v) is 17.6. The lowest BCUT2D eigenvalue weighted by Crippen LogP contribution is -2.47. The molecule has 4 nitrogen and oxygen atoms in total. The number of amides is 2. The van der Waals surface area contributed by atoms with Crippen molar-refractivity contribution in [3.05, 3.63) is 95.6 Å². The highest BCUT2D eigenvalue weighted by Gasteiger charge is 2.37. The van der Waals surface area contributed by atoms with Gasteiger partial charge >= 0.3 is 0 Å². The summed E-state index contributed by atoms with van der Waals surface area (Å²) in [5.74, 6) is -0.0194. The van der Waals surface area contributed by atoms with E-state index in [0.717, 1.165) is 22.5 Å². The van der Waals surface area contributed by atoms with Crippen molar-refractivity contribution in [1.29, 1.82) is 0 Å². The molecule has 3 aromatic rings. The fourth-order valence-corrected chi connectivity index (χ4v) is 4.37. The number of benzene rings is 3. The normalized spacial score (nSPS) is 17.9. The predicted octanol–water partition coefficient (Wildman–Crippen LogP) is 5.53. The van der Waals surface area contributed by atoms with Crippen LogP contribution in [0, 0.1) is 6.92 Å². The van der Waals surface area contributed by atoms with Crippen LogP contribution in [0.2, 0.25) is 0 Å². The van der Waals surface area contributed by atoms with E-state index in [2.05, 4.69) is 0 Å². The van der Waals surface area contributed by atoms with Gasteiger partial charge in [-0.2, -0.15) is 0 Å². The minimum Gasteiger partial charge on any atom is -0.309 e. The summed E-state index contributed by atoms with van der Waals surface area (Å²) in [6.07, 6.45) is 0.670. The molecule has 0 N–H and O–H groups in total. The zero-order chi connectivity index (χ0) is 21.3. The van der Waals surface area contributed by atoms with Crippen molar-refractivity contribution in [1.82, 2.24) is 0 Å². The summed E-state index contributed by atoms with van der Waals surface area (Å²) in [6, 6.07) is 25.2. The van der Waals surface area contributed by atoms with Crippen LogP contribution in [0.3, 0.4) is 0 Å². The van der Waals surface area contributed by atoms with Crippen molar-refractivity contribution in [2.45, 2.75) is 39.3 Å². The predicted molar refractivity (Wildman–Crippen MR) is 121 cm³/mol. The standard InChI is InChI=1S/C26H26N2O2/c1-18-13-15-21(16-14-18)26(30)28(22-9-5-4-6-10-22)25-17-19(2)27(20(3)29)24-12-8-7-11-23(24)25/h4-16,19,25H,17H2,1-3H3. The number of aryl methyl sites for hydroxylation is 1. The Bertz CT molecular complexity index is 1060. The molecule has 1 aliphatic heterocycles. The smallest absolute Gasteiger partial charge is 0.258 e. The number of hydrogen-bond acceptors (Lipinski definition) is 2. The summed E-state index contributed by atoms with van der Waals surface area (Å²) in [5, 5.41) is 0. The Kier molecular flexibility index (Phi) is 5.40. The first-order valence-corrected chi connectivity index (χ1v) is 10.3. The minimum absolute atomic E-state index is 0.0144. The molecule has 0 aliphatic carbocycles. The van der Waals surface area contributed by atoms with Gasteiger partial charge in [-0.1, -0.05) is 54.1 Å². The van der Waals surface area contributed by atoms with Gasteiger partial charge in [-0.25, -0.2) is 0 Å². The van der Waals surface area contributed by atoms with E-state index in [-0.39, 0.29) is 23.9 Å². The molecule has 30 heavy (non-hydrogen) atoms. The van der Waals surface area contributed by atoms with E-state index in [1.165, 1.54) is 0 Å². The average Bonchev–Trinajstić information content (AvgIpc) is 2.75. The quantitative estimate of drug-likeness (QED) is 0.582. The largest absolute Gasteiger partial charge is 0.309 e. The lowest BCUT2D eigenvalue weighted by molar-refractivity contribution is -0.117. The number of carbonyl (C=O) groups excluding carboxylic acids is 2. The van der Waals surface area contributed by atoms with Crippen LogP contribution in [0.4, 0.5) is 11.4 Å². The SMILES string of the molecule is CC(=O)N1c2ccccc2C(N(C(=O)c2ccc(C)cc2)c2ccccc2)CC1C. The summed E-state index contributed by atoms with van der Waals surface area (Å²) in [6.45, 7) is 5.66. The Morgan fingerprint density at radius 2 is 1.53 bits per heavy atom. The molecule has 4 rings (SSSR count). The van der Waals surface area contributed by atoms with Crippen molar-refractivity contribution in [3.8, 4) is 0 Å². The average molecular weight is 399 g/mol. The molecule has 0 spiro atoms. The van der Waals surface area contributed by atoms with E-state index in [1.807, 2.05) is 103 Å². The highest BCUT2D eigenvalue weighted by Crippen LogP contribution is 2.42. The van der Waals surface area contributed by atoms with Crippen molar-refractivity contribution in [2.75, 3.05) is 9.80 Å². The topological polar surface area (TPSA) is 40.6 Å². The highest BCUT2D eigenvalue weighted by molar-refractivity contribution is 6.07. The number of para-hydroxylation sites is 2. The Morgan fingerprint density at radius 1 is 0.900 bits per heavy atom. The molecule has 4 heteroatoms. The molecule has 2 unspecified atom stereocenters. The summed E-state index contributed by atoms with van der Waals surface area (Å²) < 4.78 is 0. The monoisotopic (exact) mass is 398 g/mol. The molecule has 0 saturated heterocycles. The highest BCUT2D eigenvalue weighted by atomic mass is 16.2. The molecule has 0 saturated carbocycles. The Balaban J connectivity index is 1.85. The first-order chi connectivity index (χ1) is 14.5. The van der Waals surface area contributed by atoms with Crippen molar-refractivity contribution in [3.63, 3.8) is 0 Å². The zero-order valence-electron chi connectivity index (χ0n) is 17.6.